The molecule has 0 spiro atoms. The van der Waals surface area contributed by atoms with Gasteiger partial charge in [0.2, 0.25) is 5.88 Å². The van der Waals surface area contributed by atoms with E-state index in [1.807, 2.05) is 24.3 Å². The van der Waals surface area contributed by atoms with Crippen molar-refractivity contribution in [3.05, 3.63) is 45.7 Å². The zero-order chi connectivity index (χ0) is 11.4. The van der Waals surface area contributed by atoms with Crippen molar-refractivity contribution < 1.29 is 9.84 Å². The molecular formula is C11H9IN2O2. The van der Waals surface area contributed by atoms with Crippen molar-refractivity contribution in [3.63, 3.8) is 0 Å². The highest BCUT2D eigenvalue weighted by Gasteiger charge is 2.03. The summed E-state index contributed by atoms with van der Waals surface area (Å²) in [6.07, 6.45) is 0. The van der Waals surface area contributed by atoms with E-state index in [4.69, 9.17) is 9.84 Å². The summed E-state index contributed by atoms with van der Waals surface area (Å²) in [5.41, 5.74) is 0.523. The molecule has 1 aromatic heterocycles. The first kappa shape index (κ1) is 11.3. The number of ether oxygens (including phenoxy) is 1. The lowest BCUT2D eigenvalue weighted by atomic mass is 10.3. The van der Waals surface area contributed by atoms with Gasteiger partial charge in [-0.25, -0.2) is 0 Å². The van der Waals surface area contributed by atoms with Crippen LogP contribution in [0.1, 0.15) is 5.69 Å². The highest BCUT2D eigenvalue weighted by molar-refractivity contribution is 14.1. The minimum absolute atomic E-state index is 0.115. The molecule has 1 aromatic carbocycles. The molecule has 0 fully saturated rings. The van der Waals surface area contributed by atoms with Gasteiger partial charge in [0.15, 0.2) is 0 Å². The second-order valence-electron chi connectivity index (χ2n) is 3.05. The topological polar surface area (TPSA) is 55.2 Å². The molecule has 0 atom stereocenters. The van der Waals surface area contributed by atoms with Gasteiger partial charge in [-0.15, -0.1) is 10.2 Å². The zero-order valence-electron chi connectivity index (χ0n) is 8.30. The number of para-hydroxylation sites is 1. The Bertz CT molecular complexity index is 474. The van der Waals surface area contributed by atoms with Crippen molar-refractivity contribution in [2.75, 3.05) is 0 Å². The number of nitrogens with zero attached hydrogens (tertiary/aromatic N) is 2. The minimum atomic E-state index is -0.115. The lowest BCUT2D eigenvalue weighted by molar-refractivity contribution is 0.274. The molecule has 1 N–H and O–H groups in total. The van der Waals surface area contributed by atoms with Crippen LogP contribution >= 0.6 is 22.6 Å². The predicted octanol–water partition coefficient (Wildman–Crippen LogP) is 2.37. The first-order valence-corrected chi connectivity index (χ1v) is 5.73. The largest absolute Gasteiger partial charge is 0.436 e. The molecule has 0 unspecified atom stereocenters. The fourth-order valence-corrected chi connectivity index (χ4v) is 1.62. The summed E-state index contributed by atoms with van der Waals surface area (Å²) in [6, 6.07) is 11.0. The van der Waals surface area contributed by atoms with Gasteiger partial charge >= 0.3 is 0 Å². The van der Waals surface area contributed by atoms with E-state index in [-0.39, 0.29) is 6.61 Å². The van der Waals surface area contributed by atoms with E-state index in [1.54, 1.807) is 12.1 Å². The van der Waals surface area contributed by atoms with Crippen molar-refractivity contribution in [2.24, 2.45) is 0 Å². The highest BCUT2D eigenvalue weighted by atomic mass is 127. The van der Waals surface area contributed by atoms with Gasteiger partial charge in [-0.05, 0) is 40.8 Å². The molecule has 82 valence electrons. The van der Waals surface area contributed by atoms with E-state index in [1.165, 1.54) is 0 Å². The molecule has 0 aliphatic carbocycles. The van der Waals surface area contributed by atoms with Gasteiger partial charge in [-0.2, -0.15) is 0 Å². The molecule has 0 bridgehead atoms. The van der Waals surface area contributed by atoms with Gasteiger partial charge in [0.05, 0.1) is 15.9 Å². The lowest BCUT2D eigenvalue weighted by Gasteiger charge is -2.05. The zero-order valence-corrected chi connectivity index (χ0v) is 10.5. The van der Waals surface area contributed by atoms with Gasteiger partial charge in [0.1, 0.15) is 5.75 Å². The molecular weight excluding hydrogens is 319 g/mol. The average molecular weight is 328 g/mol. The number of aromatic nitrogens is 2. The molecule has 2 aromatic rings. The Balaban J connectivity index is 2.18. The van der Waals surface area contributed by atoms with Crippen LogP contribution in [0.5, 0.6) is 11.6 Å². The number of rotatable bonds is 3. The van der Waals surface area contributed by atoms with Crippen LogP contribution in [0.25, 0.3) is 0 Å². The van der Waals surface area contributed by atoms with Crippen LogP contribution in [-0.4, -0.2) is 15.3 Å². The number of hydrogen-bond donors (Lipinski definition) is 1. The Labute approximate surface area is 106 Å². The number of hydrogen-bond acceptors (Lipinski definition) is 4. The van der Waals surface area contributed by atoms with Crippen molar-refractivity contribution in [1.29, 1.82) is 0 Å². The number of aliphatic hydroxyl groups excluding tert-OH is 1. The maximum Gasteiger partial charge on any atom is 0.238 e. The van der Waals surface area contributed by atoms with E-state index in [2.05, 4.69) is 32.8 Å². The third-order valence-corrected chi connectivity index (χ3v) is 2.80. The van der Waals surface area contributed by atoms with Crippen molar-refractivity contribution in [2.45, 2.75) is 6.61 Å². The molecule has 0 radical (unpaired) electrons. The molecule has 16 heavy (non-hydrogen) atoms. The standard InChI is InChI=1S/C11H9IN2O2/c12-9-3-1-2-4-10(9)16-11-6-5-8(7-15)13-14-11/h1-6,15H,7H2. The first-order chi connectivity index (χ1) is 7.79. The fourth-order valence-electron chi connectivity index (χ4n) is 1.13. The van der Waals surface area contributed by atoms with Gasteiger partial charge in [-0.1, -0.05) is 12.1 Å². The summed E-state index contributed by atoms with van der Waals surface area (Å²) >= 11 is 2.19. The van der Waals surface area contributed by atoms with E-state index in [0.717, 1.165) is 9.32 Å². The second kappa shape index (κ2) is 5.22. The summed E-state index contributed by atoms with van der Waals surface area (Å²) < 4.78 is 6.55. The fraction of sp³-hybridized carbons (Fsp3) is 0.0909. The summed E-state index contributed by atoms with van der Waals surface area (Å²) in [6.45, 7) is -0.115. The first-order valence-electron chi connectivity index (χ1n) is 4.65. The average Bonchev–Trinajstić information content (AvgIpc) is 2.33. The second-order valence-corrected chi connectivity index (χ2v) is 4.22. The SMILES string of the molecule is OCc1ccc(Oc2ccccc2I)nn1. The summed E-state index contributed by atoms with van der Waals surface area (Å²) in [5.74, 6) is 1.16. The molecule has 0 aliphatic heterocycles. The summed E-state index contributed by atoms with van der Waals surface area (Å²) in [4.78, 5) is 0. The Morgan fingerprint density at radius 2 is 1.94 bits per heavy atom. The van der Waals surface area contributed by atoms with E-state index in [9.17, 15) is 0 Å². The third-order valence-electron chi connectivity index (χ3n) is 1.91. The maximum atomic E-state index is 8.82. The molecule has 5 heteroatoms. The predicted molar refractivity (Wildman–Crippen MR) is 67.2 cm³/mol. The maximum absolute atomic E-state index is 8.82. The minimum Gasteiger partial charge on any atom is -0.436 e. The quantitative estimate of drug-likeness (QED) is 0.879. The molecule has 0 saturated heterocycles. The monoisotopic (exact) mass is 328 g/mol. The van der Waals surface area contributed by atoms with Crippen molar-refractivity contribution in [1.82, 2.24) is 10.2 Å². The number of benzene rings is 1. The van der Waals surface area contributed by atoms with Crippen LogP contribution in [0.2, 0.25) is 0 Å². The normalized spacial score (nSPS) is 10.1. The Morgan fingerprint density at radius 3 is 2.56 bits per heavy atom. The smallest absolute Gasteiger partial charge is 0.238 e. The summed E-state index contributed by atoms with van der Waals surface area (Å²) in [5, 5.41) is 16.5. The molecule has 4 nitrogen and oxygen atoms in total. The highest BCUT2D eigenvalue weighted by Crippen LogP contribution is 2.24. The number of halogens is 1. The van der Waals surface area contributed by atoms with Gasteiger partial charge in [0, 0.05) is 6.07 Å². The van der Waals surface area contributed by atoms with Crippen LogP contribution < -0.4 is 4.74 Å². The summed E-state index contributed by atoms with van der Waals surface area (Å²) in [7, 11) is 0. The number of aliphatic hydroxyl groups is 1. The van der Waals surface area contributed by atoms with Crippen LogP contribution in [-0.2, 0) is 6.61 Å². The van der Waals surface area contributed by atoms with Gasteiger partial charge < -0.3 is 9.84 Å². The molecule has 2 rings (SSSR count). The van der Waals surface area contributed by atoms with Crippen LogP contribution in [0.15, 0.2) is 36.4 Å². The Morgan fingerprint density at radius 1 is 1.12 bits per heavy atom. The van der Waals surface area contributed by atoms with E-state index in [0.29, 0.717) is 11.6 Å². The van der Waals surface area contributed by atoms with Crippen LogP contribution in [0.4, 0.5) is 0 Å². The van der Waals surface area contributed by atoms with Gasteiger partial charge in [0.25, 0.3) is 0 Å². The van der Waals surface area contributed by atoms with Crippen molar-refractivity contribution >= 4 is 22.6 Å². The van der Waals surface area contributed by atoms with E-state index < -0.39 is 0 Å². The van der Waals surface area contributed by atoms with Crippen LogP contribution in [0, 0.1) is 3.57 Å². The molecule has 1 heterocycles. The lowest BCUT2D eigenvalue weighted by Crippen LogP contribution is -1.95. The molecule has 0 aliphatic rings. The Hall–Kier alpha value is -1.21. The van der Waals surface area contributed by atoms with E-state index >= 15 is 0 Å². The Kier molecular flexibility index (Phi) is 3.68. The third kappa shape index (κ3) is 2.67. The van der Waals surface area contributed by atoms with Crippen molar-refractivity contribution in [3.8, 4) is 11.6 Å². The van der Waals surface area contributed by atoms with Crippen LogP contribution in [0.3, 0.4) is 0 Å². The molecule has 0 saturated carbocycles. The molecule has 0 amide bonds. The van der Waals surface area contributed by atoms with Gasteiger partial charge in [-0.3, -0.25) is 0 Å².